The minimum absolute atomic E-state index is 0.141. The first-order valence-electron chi connectivity index (χ1n) is 8.15. The highest BCUT2D eigenvalue weighted by Gasteiger charge is 2.31. The molecule has 0 aromatic carbocycles. The van der Waals surface area contributed by atoms with Crippen LogP contribution in [-0.4, -0.2) is 26.8 Å². The van der Waals surface area contributed by atoms with Gasteiger partial charge in [-0.2, -0.15) is 5.10 Å². The quantitative estimate of drug-likeness (QED) is 0.836. The van der Waals surface area contributed by atoms with Gasteiger partial charge in [-0.05, 0) is 38.0 Å². The Morgan fingerprint density at radius 2 is 1.76 bits per heavy atom. The number of nitrogens with zero attached hydrogens (tertiary/aromatic N) is 3. The predicted octanol–water partition coefficient (Wildman–Crippen LogP) is 3.53. The van der Waals surface area contributed by atoms with Crippen LogP contribution in [0.25, 0.3) is 0 Å². The van der Waals surface area contributed by atoms with E-state index in [-0.39, 0.29) is 11.0 Å². The van der Waals surface area contributed by atoms with E-state index >= 15 is 0 Å². The summed E-state index contributed by atoms with van der Waals surface area (Å²) in [4.78, 5) is 4.51. The molecule has 0 bridgehead atoms. The van der Waals surface area contributed by atoms with E-state index in [0.717, 1.165) is 25.3 Å². The molecule has 0 fully saturated rings. The summed E-state index contributed by atoms with van der Waals surface area (Å²) in [6, 6.07) is 0. The highest BCUT2D eigenvalue weighted by molar-refractivity contribution is 4.96. The average molecular weight is 294 g/mol. The molecule has 0 saturated carbocycles. The first kappa shape index (κ1) is 18.1. The van der Waals surface area contributed by atoms with Crippen molar-refractivity contribution >= 4 is 0 Å². The fourth-order valence-electron chi connectivity index (χ4n) is 2.22. The highest BCUT2D eigenvalue weighted by atomic mass is 15.3. The molecule has 21 heavy (non-hydrogen) atoms. The van der Waals surface area contributed by atoms with Crippen LogP contribution in [0.5, 0.6) is 0 Å². The zero-order valence-corrected chi connectivity index (χ0v) is 15.2. The molecule has 0 aliphatic carbocycles. The molecule has 1 heterocycles. The number of hydrogen-bond donors (Lipinski definition) is 1. The molecule has 0 amide bonds. The summed E-state index contributed by atoms with van der Waals surface area (Å²) in [7, 11) is 0. The van der Waals surface area contributed by atoms with Gasteiger partial charge in [0.05, 0.1) is 0 Å². The van der Waals surface area contributed by atoms with Gasteiger partial charge in [-0.3, -0.25) is 0 Å². The summed E-state index contributed by atoms with van der Waals surface area (Å²) in [5, 5.41) is 8.05. The minimum Gasteiger partial charge on any atom is -0.312 e. The molecule has 4 heteroatoms. The summed E-state index contributed by atoms with van der Waals surface area (Å²) in [6.07, 6.45) is 2.65. The van der Waals surface area contributed by atoms with E-state index in [9.17, 15) is 0 Å². The van der Waals surface area contributed by atoms with Crippen molar-refractivity contribution in [1.82, 2.24) is 20.1 Å². The van der Waals surface area contributed by atoms with E-state index in [1.54, 1.807) is 6.33 Å². The molecule has 1 rings (SSSR count). The van der Waals surface area contributed by atoms with Crippen LogP contribution in [0.1, 0.15) is 61.2 Å². The molecule has 1 aromatic heterocycles. The van der Waals surface area contributed by atoms with Crippen LogP contribution < -0.4 is 5.32 Å². The first-order valence-corrected chi connectivity index (χ1v) is 8.15. The Labute approximate surface area is 130 Å². The van der Waals surface area contributed by atoms with Crippen molar-refractivity contribution < 1.29 is 0 Å². The standard InChI is InChI=1S/C17H34N4/c1-13(2)10-21-15(18-12-20-21)9-17(8,14(3)4)11-19-16(5,6)7/h12-14,19H,9-11H2,1-8H3. The lowest BCUT2D eigenvalue weighted by Gasteiger charge is -2.37. The minimum atomic E-state index is 0.141. The Morgan fingerprint density at radius 3 is 2.24 bits per heavy atom. The zero-order chi connectivity index (χ0) is 16.3. The van der Waals surface area contributed by atoms with Crippen molar-refractivity contribution in [3.63, 3.8) is 0 Å². The third kappa shape index (κ3) is 5.77. The fraction of sp³-hybridized carbons (Fsp3) is 0.882. The van der Waals surface area contributed by atoms with Gasteiger partial charge in [-0.15, -0.1) is 0 Å². The summed E-state index contributed by atoms with van der Waals surface area (Å²) >= 11 is 0. The van der Waals surface area contributed by atoms with Crippen LogP contribution in [0.15, 0.2) is 6.33 Å². The summed E-state index contributed by atoms with van der Waals surface area (Å²) in [5.41, 5.74) is 0.316. The number of aromatic nitrogens is 3. The highest BCUT2D eigenvalue weighted by Crippen LogP contribution is 2.30. The van der Waals surface area contributed by atoms with Gasteiger partial charge in [0.25, 0.3) is 0 Å². The normalized spacial score (nSPS) is 15.7. The molecule has 4 nitrogen and oxygen atoms in total. The van der Waals surface area contributed by atoms with Crippen molar-refractivity contribution in [2.45, 2.75) is 73.9 Å². The Kier molecular flexibility index (Phi) is 5.97. The number of rotatable bonds is 7. The lowest BCUT2D eigenvalue weighted by molar-refractivity contribution is 0.181. The van der Waals surface area contributed by atoms with Crippen molar-refractivity contribution in [3.05, 3.63) is 12.2 Å². The van der Waals surface area contributed by atoms with Gasteiger partial charge in [-0.1, -0.05) is 34.6 Å². The summed E-state index contributed by atoms with van der Waals surface area (Å²) in [6.45, 7) is 20.0. The van der Waals surface area contributed by atoms with Crippen LogP contribution in [0.4, 0.5) is 0 Å². The molecular weight excluding hydrogens is 260 g/mol. The Hall–Kier alpha value is -0.900. The third-order valence-electron chi connectivity index (χ3n) is 4.21. The van der Waals surface area contributed by atoms with E-state index in [1.165, 1.54) is 0 Å². The molecule has 0 radical (unpaired) electrons. The van der Waals surface area contributed by atoms with Gasteiger partial charge in [0.2, 0.25) is 0 Å². The molecule has 122 valence electrons. The fourth-order valence-corrected chi connectivity index (χ4v) is 2.22. The van der Waals surface area contributed by atoms with E-state index < -0.39 is 0 Å². The number of hydrogen-bond acceptors (Lipinski definition) is 3. The monoisotopic (exact) mass is 294 g/mol. The molecule has 1 aromatic rings. The molecule has 0 spiro atoms. The van der Waals surface area contributed by atoms with Gasteiger partial charge in [0.1, 0.15) is 12.2 Å². The second-order valence-corrected chi connectivity index (χ2v) is 8.34. The molecule has 0 aliphatic heterocycles. The topological polar surface area (TPSA) is 42.7 Å². The molecule has 1 unspecified atom stereocenters. The second kappa shape index (κ2) is 6.91. The largest absolute Gasteiger partial charge is 0.312 e. The SMILES string of the molecule is CC(C)Cn1ncnc1CC(C)(CNC(C)(C)C)C(C)C. The molecule has 1 N–H and O–H groups in total. The van der Waals surface area contributed by atoms with Gasteiger partial charge in [-0.25, -0.2) is 9.67 Å². The van der Waals surface area contributed by atoms with Crippen molar-refractivity contribution in [2.24, 2.45) is 17.3 Å². The van der Waals surface area contributed by atoms with Crippen LogP contribution >= 0.6 is 0 Å². The van der Waals surface area contributed by atoms with E-state index in [0.29, 0.717) is 11.8 Å². The van der Waals surface area contributed by atoms with Crippen molar-refractivity contribution in [3.8, 4) is 0 Å². The van der Waals surface area contributed by atoms with Crippen molar-refractivity contribution in [1.29, 1.82) is 0 Å². The Balaban J connectivity index is 2.85. The smallest absolute Gasteiger partial charge is 0.138 e. The van der Waals surface area contributed by atoms with Crippen LogP contribution in [0.2, 0.25) is 0 Å². The maximum absolute atomic E-state index is 4.51. The van der Waals surface area contributed by atoms with E-state index in [1.807, 2.05) is 0 Å². The van der Waals surface area contributed by atoms with Crippen molar-refractivity contribution in [2.75, 3.05) is 6.54 Å². The summed E-state index contributed by atoms with van der Waals surface area (Å²) < 4.78 is 2.07. The Morgan fingerprint density at radius 1 is 1.14 bits per heavy atom. The zero-order valence-electron chi connectivity index (χ0n) is 15.2. The molecule has 1 atom stereocenters. The summed E-state index contributed by atoms with van der Waals surface area (Å²) in [5.74, 6) is 2.27. The van der Waals surface area contributed by atoms with Crippen LogP contribution in [0, 0.1) is 17.3 Å². The van der Waals surface area contributed by atoms with Crippen LogP contribution in [0.3, 0.4) is 0 Å². The number of nitrogens with one attached hydrogen (secondary N) is 1. The Bertz CT molecular complexity index is 428. The maximum atomic E-state index is 4.51. The molecular formula is C17H34N4. The van der Waals surface area contributed by atoms with E-state index in [2.05, 4.69) is 75.5 Å². The van der Waals surface area contributed by atoms with Crippen LogP contribution in [-0.2, 0) is 13.0 Å². The lowest BCUT2D eigenvalue weighted by Crippen LogP contribution is -2.46. The lowest BCUT2D eigenvalue weighted by atomic mass is 9.75. The van der Waals surface area contributed by atoms with Gasteiger partial charge in [0, 0.05) is 25.0 Å². The third-order valence-corrected chi connectivity index (χ3v) is 4.21. The van der Waals surface area contributed by atoms with Gasteiger partial charge >= 0.3 is 0 Å². The molecule has 0 saturated heterocycles. The second-order valence-electron chi connectivity index (χ2n) is 8.34. The first-order chi connectivity index (χ1) is 9.53. The maximum Gasteiger partial charge on any atom is 0.138 e. The van der Waals surface area contributed by atoms with Gasteiger partial charge < -0.3 is 5.32 Å². The van der Waals surface area contributed by atoms with Gasteiger partial charge in [0.15, 0.2) is 0 Å². The van der Waals surface area contributed by atoms with E-state index in [4.69, 9.17) is 0 Å². The average Bonchev–Trinajstić information content (AvgIpc) is 2.72. The molecule has 0 aliphatic rings. The predicted molar refractivity (Wildman–Crippen MR) is 89.3 cm³/mol.